The molecule has 0 radical (unpaired) electrons. The highest BCUT2D eigenvalue weighted by Crippen LogP contribution is 2.19. The summed E-state index contributed by atoms with van der Waals surface area (Å²) in [6.45, 7) is 1.24. The SMILES string of the molecule is Cc1cc(C(O)C(O)CO)ccc1C=O. The van der Waals surface area contributed by atoms with Crippen molar-refractivity contribution in [1.82, 2.24) is 0 Å². The topological polar surface area (TPSA) is 77.8 Å². The van der Waals surface area contributed by atoms with Crippen molar-refractivity contribution >= 4 is 6.29 Å². The highest BCUT2D eigenvalue weighted by atomic mass is 16.4. The van der Waals surface area contributed by atoms with Crippen LogP contribution in [0.15, 0.2) is 18.2 Å². The molecule has 3 N–H and O–H groups in total. The highest BCUT2D eigenvalue weighted by Gasteiger charge is 2.17. The van der Waals surface area contributed by atoms with Crippen LogP contribution in [-0.4, -0.2) is 34.3 Å². The molecule has 0 aliphatic carbocycles. The molecular formula is C11H14O4. The van der Waals surface area contributed by atoms with E-state index in [0.717, 1.165) is 11.8 Å². The standard InChI is InChI=1S/C11H14O4/c1-7-4-8(2-3-9(7)5-12)11(15)10(14)6-13/h2-5,10-11,13-15H,6H2,1H3. The van der Waals surface area contributed by atoms with Crippen LogP contribution >= 0.6 is 0 Å². The maximum Gasteiger partial charge on any atom is 0.150 e. The Morgan fingerprint density at radius 2 is 2.07 bits per heavy atom. The zero-order chi connectivity index (χ0) is 11.4. The Kier molecular flexibility index (Phi) is 3.96. The lowest BCUT2D eigenvalue weighted by Crippen LogP contribution is -2.22. The van der Waals surface area contributed by atoms with E-state index in [0.29, 0.717) is 11.1 Å². The summed E-state index contributed by atoms with van der Waals surface area (Å²) in [6, 6.07) is 4.75. The van der Waals surface area contributed by atoms with Gasteiger partial charge in [0.1, 0.15) is 18.5 Å². The van der Waals surface area contributed by atoms with Gasteiger partial charge in [-0.2, -0.15) is 0 Å². The van der Waals surface area contributed by atoms with Gasteiger partial charge in [0.25, 0.3) is 0 Å². The molecule has 4 heteroatoms. The molecule has 0 saturated carbocycles. The Hall–Kier alpha value is -1.23. The number of aryl methyl sites for hydroxylation is 1. The Morgan fingerprint density at radius 1 is 1.40 bits per heavy atom. The fraction of sp³-hybridized carbons (Fsp3) is 0.364. The molecule has 0 aliphatic heterocycles. The zero-order valence-electron chi connectivity index (χ0n) is 8.42. The first-order valence-corrected chi connectivity index (χ1v) is 4.63. The molecule has 0 fully saturated rings. The monoisotopic (exact) mass is 210 g/mol. The lowest BCUT2D eigenvalue weighted by atomic mass is 10.00. The van der Waals surface area contributed by atoms with Gasteiger partial charge in [-0.05, 0) is 18.1 Å². The van der Waals surface area contributed by atoms with E-state index in [2.05, 4.69) is 0 Å². The first-order valence-electron chi connectivity index (χ1n) is 4.63. The maximum atomic E-state index is 10.5. The molecule has 1 aromatic rings. The van der Waals surface area contributed by atoms with E-state index in [1.54, 1.807) is 25.1 Å². The van der Waals surface area contributed by atoms with Gasteiger partial charge in [0.15, 0.2) is 0 Å². The summed E-state index contributed by atoms with van der Waals surface area (Å²) in [6.07, 6.45) is -1.60. The van der Waals surface area contributed by atoms with Gasteiger partial charge in [-0.25, -0.2) is 0 Å². The van der Waals surface area contributed by atoms with Crippen LogP contribution in [0.1, 0.15) is 27.6 Å². The van der Waals surface area contributed by atoms with Crippen LogP contribution in [0.3, 0.4) is 0 Å². The summed E-state index contributed by atoms with van der Waals surface area (Å²) in [4.78, 5) is 10.5. The second-order valence-electron chi connectivity index (χ2n) is 3.43. The molecule has 0 spiro atoms. The summed E-state index contributed by atoms with van der Waals surface area (Å²) < 4.78 is 0. The number of carbonyl (C=O) groups excluding carboxylic acids is 1. The van der Waals surface area contributed by atoms with Crippen molar-refractivity contribution in [2.24, 2.45) is 0 Å². The van der Waals surface area contributed by atoms with E-state index >= 15 is 0 Å². The zero-order valence-corrected chi connectivity index (χ0v) is 8.42. The van der Waals surface area contributed by atoms with Gasteiger partial charge in [0, 0.05) is 5.56 Å². The van der Waals surface area contributed by atoms with Crippen molar-refractivity contribution in [3.05, 3.63) is 34.9 Å². The van der Waals surface area contributed by atoms with Gasteiger partial charge in [-0.15, -0.1) is 0 Å². The van der Waals surface area contributed by atoms with Gasteiger partial charge in [-0.1, -0.05) is 18.2 Å². The number of aliphatic hydroxyl groups is 3. The van der Waals surface area contributed by atoms with E-state index in [1.807, 2.05) is 0 Å². The van der Waals surface area contributed by atoms with E-state index in [4.69, 9.17) is 5.11 Å². The molecule has 0 heterocycles. The molecule has 0 aromatic heterocycles. The number of aliphatic hydroxyl groups excluding tert-OH is 3. The normalized spacial score (nSPS) is 14.7. The number of benzene rings is 1. The molecule has 0 aliphatic rings. The van der Waals surface area contributed by atoms with Gasteiger partial charge in [0.2, 0.25) is 0 Å². The van der Waals surface area contributed by atoms with Crippen LogP contribution < -0.4 is 0 Å². The number of hydrogen-bond acceptors (Lipinski definition) is 4. The molecular weight excluding hydrogens is 196 g/mol. The largest absolute Gasteiger partial charge is 0.394 e. The van der Waals surface area contributed by atoms with E-state index in [1.165, 1.54) is 0 Å². The van der Waals surface area contributed by atoms with Crippen molar-refractivity contribution < 1.29 is 20.1 Å². The molecule has 2 atom stereocenters. The van der Waals surface area contributed by atoms with Crippen molar-refractivity contribution in [2.75, 3.05) is 6.61 Å². The summed E-state index contributed by atoms with van der Waals surface area (Å²) >= 11 is 0. The number of aldehydes is 1. The molecule has 1 aromatic carbocycles. The lowest BCUT2D eigenvalue weighted by molar-refractivity contribution is -0.0152. The van der Waals surface area contributed by atoms with Crippen LogP contribution in [0, 0.1) is 6.92 Å². The van der Waals surface area contributed by atoms with Crippen molar-refractivity contribution in [3.63, 3.8) is 0 Å². The Balaban J connectivity index is 2.96. The summed E-state index contributed by atoms with van der Waals surface area (Å²) in [5.41, 5.74) is 1.76. The molecule has 82 valence electrons. The van der Waals surface area contributed by atoms with Gasteiger partial charge < -0.3 is 15.3 Å². The predicted molar refractivity (Wildman–Crippen MR) is 54.6 cm³/mol. The van der Waals surface area contributed by atoms with E-state index < -0.39 is 18.8 Å². The van der Waals surface area contributed by atoms with Gasteiger partial charge in [0.05, 0.1) is 6.61 Å². The second-order valence-corrected chi connectivity index (χ2v) is 3.43. The molecule has 1 rings (SSSR count). The van der Waals surface area contributed by atoms with Gasteiger partial charge >= 0.3 is 0 Å². The van der Waals surface area contributed by atoms with Crippen molar-refractivity contribution in [2.45, 2.75) is 19.1 Å². The first kappa shape index (κ1) is 11.8. The minimum absolute atomic E-state index is 0.486. The van der Waals surface area contributed by atoms with Crippen molar-refractivity contribution in [3.8, 4) is 0 Å². The average Bonchev–Trinajstić information content (AvgIpc) is 2.26. The highest BCUT2D eigenvalue weighted by molar-refractivity contribution is 5.77. The lowest BCUT2D eigenvalue weighted by Gasteiger charge is -2.16. The molecule has 2 unspecified atom stereocenters. The van der Waals surface area contributed by atoms with Crippen LogP contribution in [0.2, 0.25) is 0 Å². The van der Waals surface area contributed by atoms with Crippen LogP contribution in [-0.2, 0) is 0 Å². The number of carbonyl (C=O) groups is 1. The van der Waals surface area contributed by atoms with Crippen LogP contribution in [0.4, 0.5) is 0 Å². The molecule has 0 saturated heterocycles. The Labute approximate surface area is 87.8 Å². The smallest absolute Gasteiger partial charge is 0.150 e. The van der Waals surface area contributed by atoms with E-state index in [9.17, 15) is 15.0 Å². The number of hydrogen-bond donors (Lipinski definition) is 3. The summed E-state index contributed by atoms with van der Waals surface area (Å²) in [7, 11) is 0. The predicted octanol–water partition coefficient (Wildman–Crippen LogP) is 0.194. The van der Waals surface area contributed by atoms with E-state index in [-0.39, 0.29) is 0 Å². The third-order valence-electron chi connectivity index (χ3n) is 2.31. The fourth-order valence-corrected chi connectivity index (χ4v) is 1.34. The average molecular weight is 210 g/mol. The molecule has 0 amide bonds. The van der Waals surface area contributed by atoms with Crippen LogP contribution in [0.25, 0.3) is 0 Å². The summed E-state index contributed by atoms with van der Waals surface area (Å²) in [5, 5.41) is 27.5. The first-order chi connectivity index (χ1) is 7.10. The third-order valence-corrected chi connectivity index (χ3v) is 2.31. The fourth-order valence-electron chi connectivity index (χ4n) is 1.34. The minimum Gasteiger partial charge on any atom is -0.394 e. The Morgan fingerprint density at radius 3 is 2.53 bits per heavy atom. The second kappa shape index (κ2) is 5.02. The van der Waals surface area contributed by atoms with Gasteiger partial charge in [-0.3, -0.25) is 4.79 Å². The molecule has 4 nitrogen and oxygen atoms in total. The third kappa shape index (κ3) is 2.62. The summed E-state index contributed by atoms with van der Waals surface area (Å²) in [5.74, 6) is 0. The van der Waals surface area contributed by atoms with Crippen LogP contribution in [0.5, 0.6) is 0 Å². The minimum atomic E-state index is -1.20. The van der Waals surface area contributed by atoms with Crippen molar-refractivity contribution in [1.29, 1.82) is 0 Å². The molecule has 15 heavy (non-hydrogen) atoms. The molecule has 0 bridgehead atoms. The number of rotatable bonds is 4. The Bertz CT molecular complexity index is 348. The maximum absolute atomic E-state index is 10.5. The quantitative estimate of drug-likeness (QED) is 0.620.